The van der Waals surface area contributed by atoms with Crippen molar-refractivity contribution in [3.63, 3.8) is 0 Å². The molecule has 1 aromatic carbocycles. The predicted molar refractivity (Wildman–Crippen MR) is 71.7 cm³/mol. The van der Waals surface area contributed by atoms with E-state index in [2.05, 4.69) is 15.9 Å². The maximum atomic E-state index is 12.1. The van der Waals surface area contributed by atoms with Crippen molar-refractivity contribution >= 4 is 21.7 Å². The first-order valence-electron chi connectivity index (χ1n) is 5.52. The van der Waals surface area contributed by atoms with Crippen molar-refractivity contribution in [3.8, 4) is 5.75 Å². The monoisotopic (exact) mass is 385 g/mol. The molecule has 100 valence electrons. The molecule has 0 saturated carbocycles. The number of nitrogens with zero attached hydrogens (tertiary/aromatic N) is 1. The fourth-order valence-corrected chi connectivity index (χ4v) is 2.00. The fourth-order valence-electron chi connectivity index (χ4n) is 1.61. The molecular formula is C14H13Br2NO2. The summed E-state index contributed by atoms with van der Waals surface area (Å²) in [6.07, 6.45) is 1.87. The van der Waals surface area contributed by atoms with Gasteiger partial charge in [0, 0.05) is 33.6 Å². The molecule has 0 atom stereocenters. The number of aromatic nitrogens is 1. The maximum absolute atomic E-state index is 12.1. The molecule has 3 nitrogen and oxygen atoms in total. The Kier molecular flexibility index (Phi) is 6.18. The highest BCUT2D eigenvalue weighted by Crippen LogP contribution is 2.12. The van der Waals surface area contributed by atoms with E-state index < -0.39 is 0 Å². The van der Waals surface area contributed by atoms with Gasteiger partial charge in [-0.05, 0) is 30.3 Å². The fraction of sp³-hybridized carbons (Fsp3) is 0.143. The third kappa shape index (κ3) is 4.14. The first-order valence-corrected chi connectivity index (χ1v) is 6.31. The van der Waals surface area contributed by atoms with Crippen LogP contribution in [0.25, 0.3) is 0 Å². The molecule has 0 N–H and O–H groups in total. The highest BCUT2D eigenvalue weighted by molar-refractivity contribution is 9.10. The van der Waals surface area contributed by atoms with Gasteiger partial charge in [0.05, 0.1) is 7.11 Å². The van der Waals surface area contributed by atoms with Gasteiger partial charge in [0.15, 0.2) is 6.20 Å². The summed E-state index contributed by atoms with van der Waals surface area (Å²) in [5.41, 5.74) is 0.680. The summed E-state index contributed by atoms with van der Waals surface area (Å²) < 4.78 is 7.80. The molecule has 1 aromatic heterocycles. The van der Waals surface area contributed by atoms with Gasteiger partial charge in [-0.2, -0.15) is 4.57 Å². The molecule has 0 aliphatic rings. The summed E-state index contributed by atoms with van der Waals surface area (Å²) in [6.45, 7) is 0.313. The number of carbonyl (C=O) groups is 1. The minimum atomic E-state index is 0. The van der Waals surface area contributed by atoms with Crippen LogP contribution in [0.3, 0.4) is 0 Å². The number of hydrogen-bond acceptors (Lipinski definition) is 2. The first-order chi connectivity index (χ1) is 8.70. The molecule has 0 bridgehead atoms. The molecule has 0 amide bonds. The van der Waals surface area contributed by atoms with Gasteiger partial charge in [-0.1, -0.05) is 0 Å². The molecule has 5 heteroatoms. The molecule has 1 heterocycles. The van der Waals surface area contributed by atoms with E-state index in [4.69, 9.17) is 4.74 Å². The van der Waals surface area contributed by atoms with Crippen molar-refractivity contribution in [1.29, 1.82) is 0 Å². The zero-order valence-corrected chi connectivity index (χ0v) is 13.5. The van der Waals surface area contributed by atoms with Crippen molar-refractivity contribution in [2.75, 3.05) is 7.11 Å². The number of benzene rings is 1. The third-order valence-electron chi connectivity index (χ3n) is 2.61. The van der Waals surface area contributed by atoms with Gasteiger partial charge in [-0.3, -0.25) is 4.79 Å². The van der Waals surface area contributed by atoms with E-state index in [1.165, 1.54) is 0 Å². The van der Waals surface area contributed by atoms with Crippen LogP contribution in [0.4, 0.5) is 0 Å². The summed E-state index contributed by atoms with van der Waals surface area (Å²) in [7, 11) is 1.60. The summed E-state index contributed by atoms with van der Waals surface area (Å²) in [5.74, 6) is 0.814. The van der Waals surface area contributed by atoms with E-state index in [1.54, 1.807) is 31.4 Å². The lowest BCUT2D eigenvalue weighted by Crippen LogP contribution is -3.00. The van der Waals surface area contributed by atoms with E-state index >= 15 is 0 Å². The van der Waals surface area contributed by atoms with E-state index in [0.717, 1.165) is 10.4 Å². The Morgan fingerprint density at radius 1 is 1.21 bits per heavy atom. The van der Waals surface area contributed by atoms with Crippen molar-refractivity contribution in [2.24, 2.45) is 0 Å². The van der Waals surface area contributed by atoms with E-state index in [9.17, 15) is 4.79 Å². The molecule has 0 aliphatic carbocycles. The van der Waals surface area contributed by atoms with Crippen molar-refractivity contribution in [2.45, 2.75) is 6.54 Å². The van der Waals surface area contributed by atoms with Crippen molar-refractivity contribution < 1.29 is 31.1 Å². The molecule has 0 radical (unpaired) electrons. The number of carbonyl (C=O) groups excluding carboxylic acids is 1. The highest BCUT2D eigenvalue weighted by Gasteiger charge is 2.14. The zero-order chi connectivity index (χ0) is 13.0. The van der Waals surface area contributed by atoms with Crippen molar-refractivity contribution in [3.05, 3.63) is 58.8 Å². The van der Waals surface area contributed by atoms with Crippen molar-refractivity contribution in [1.82, 2.24) is 0 Å². The first kappa shape index (κ1) is 15.9. The second-order valence-electron chi connectivity index (χ2n) is 3.80. The number of ether oxygens (including phenoxy) is 1. The largest absolute Gasteiger partial charge is 1.00 e. The summed E-state index contributed by atoms with van der Waals surface area (Å²) in [4.78, 5) is 12.1. The molecular weight excluding hydrogens is 374 g/mol. The van der Waals surface area contributed by atoms with Crippen LogP contribution < -0.4 is 26.3 Å². The topological polar surface area (TPSA) is 30.2 Å². The quantitative estimate of drug-likeness (QED) is 0.408. The van der Waals surface area contributed by atoms with Gasteiger partial charge < -0.3 is 21.7 Å². The van der Waals surface area contributed by atoms with Crippen LogP contribution in [0.1, 0.15) is 10.4 Å². The zero-order valence-electron chi connectivity index (χ0n) is 10.3. The molecule has 0 saturated heterocycles. The highest BCUT2D eigenvalue weighted by atomic mass is 79.9. The normalized spacial score (nSPS) is 9.58. The van der Waals surface area contributed by atoms with Crippen LogP contribution in [0.2, 0.25) is 0 Å². The van der Waals surface area contributed by atoms with Gasteiger partial charge >= 0.3 is 0 Å². The second-order valence-corrected chi connectivity index (χ2v) is 4.62. The van der Waals surface area contributed by atoms with E-state index in [-0.39, 0.29) is 22.8 Å². The van der Waals surface area contributed by atoms with Gasteiger partial charge in [0.25, 0.3) is 0 Å². The molecule has 2 aromatic rings. The Balaban J connectivity index is 0.00000180. The Morgan fingerprint density at radius 3 is 2.47 bits per heavy atom. The number of ketones is 1. The molecule has 0 spiro atoms. The summed E-state index contributed by atoms with van der Waals surface area (Å²) in [5, 5.41) is 0. The van der Waals surface area contributed by atoms with Crippen LogP contribution in [-0.4, -0.2) is 12.9 Å². The number of halogens is 2. The van der Waals surface area contributed by atoms with Crippen LogP contribution in [0, 0.1) is 0 Å². The molecule has 0 unspecified atom stereocenters. The predicted octanol–water partition coefficient (Wildman–Crippen LogP) is -0.368. The number of methoxy groups -OCH3 is 1. The van der Waals surface area contributed by atoms with E-state index in [0.29, 0.717) is 12.1 Å². The summed E-state index contributed by atoms with van der Waals surface area (Å²) >= 11 is 3.41. The number of Topliss-reactive ketones (excluding diaryl/α,β-unsaturated/α-hetero) is 1. The van der Waals surface area contributed by atoms with Crippen LogP contribution in [-0.2, 0) is 6.54 Å². The van der Waals surface area contributed by atoms with Crippen LogP contribution in [0.15, 0.2) is 53.3 Å². The number of pyridine rings is 1. The average molecular weight is 387 g/mol. The minimum absolute atomic E-state index is 0. The summed E-state index contributed by atoms with van der Waals surface area (Å²) in [6, 6.07) is 12.8. The number of rotatable bonds is 4. The average Bonchev–Trinajstić information content (AvgIpc) is 2.41. The Labute approximate surface area is 131 Å². The lowest BCUT2D eigenvalue weighted by Gasteiger charge is -2.02. The van der Waals surface area contributed by atoms with Gasteiger partial charge in [0.1, 0.15) is 5.75 Å². The van der Waals surface area contributed by atoms with Gasteiger partial charge in [0.2, 0.25) is 16.9 Å². The standard InChI is InChI=1S/C14H13BrNO2.BrH/c1-18-12-7-5-11(6-8-12)13(17)10-16-9-3-2-4-14(16)15;/h2-9H,10H2,1H3;1H/q+1;/p-1. The van der Waals surface area contributed by atoms with Crippen LogP contribution in [0.5, 0.6) is 5.75 Å². The lowest BCUT2D eigenvalue weighted by atomic mass is 10.1. The second kappa shape index (κ2) is 7.40. The maximum Gasteiger partial charge on any atom is 0.248 e. The number of hydrogen-bond donors (Lipinski definition) is 0. The minimum Gasteiger partial charge on any atom is -1.00 e. The smallest absolute Gasteiger partial charge is 0.248 e. The van der Waals surface area contributed by atoms with E-state index in [1.807, 2.05) is 29.0 Å². The Bertz CT molecular complexity index is 556. The van der Waals surface area contributed by atoms with Crippen LogP contribution >= 0.6 is 15.9 Å². The Hall–Kier alpha value is -1.20. The Morgan fingerprint density at radius 2 is 1.89 bits per heavy atom. The van der Waals surface area contributed by atoms with Gasteiger partial charge in [-0.15, -0.1) is 0 Å². The molecule has 19 heavy (non-hydrogen) atoms. The lowest BCUT2D eigenvalue weighted by molar-refractivity contribution is -0.694. The SMILES string of the molecule is COc1ccc(C(=O)C[n+]2ccccc2Br)cc1.[Br-]. The van der Waals surface area contributed by atoms with Gasteiger partial charge in [-0.25, -0.2) is 0 Å². The molecule has 0 aliphatic heterocycles. The third-order valence-corrected chi connectivity index (χ3v) is 3.33. The molecule has 0 fully saturated rings. The molecule has 2 rings (SSSR count).